The number of sulfonamides is 1. The Kier molecular flexibility index (Phi) is 5.09. The highest BCUT2D eigenvalue weighted by Gasteiger charge is 2.37. The monoisotopic (exact) mass is 378 g/mol. The molecule has 3 rings (SSSR count). The maximum atomic E-state index is 13.2. The van der Waals surface area contributed by atoms with E-state index in [4.69, 9.17) is 4.74 Å². The maximum absolute atomic E-state index is 13.2. The second-order valence-electron chi connectivity index (χ2n) is 7.35. The van der Waals surface area contributed by atoms with Crippen LogP contribution in [0.25, 0.3) is 5.69 Å². The van der Waals surface area contributed by atoms with E-state index in [0.717, 1.165) is 19.5 Å². The van der Waals surface area contributed by atoms with E-state index in [-0.39, 0.29) is 10.3 Å². The van der Waals surface area contributed by atoms with E-state index >= 15 is 0 Å². The number of aromatic nitrogens is 2. The topological polar surface area (TPSA) is 67.7 Å². The second kappa shape index (κ2) is 7.02. The minimum atomic E-state index is -3.69. The van der Waals surface area contributed by atoms with Crippen LogP contribution in [0.15, 0.2) is 41.6 Å². The largest absolute Gasteiger partial charge is 0.495 e. The summed E-state index contributed by atoms with van der Waals surface area (Å²) >= 11 is 0. The minimum Gasteiger partial charge on any atom is -0.495 e. The summed E-state index contributed by atoms with van der Waals surface area (Å²) in [5, 5.41) is 4.17. The number of hydrogen-bond donors (Lipinski definition) is 0. The fourth-order valence-corrected chi connectivity index (χ4v) is 5.11. The number of benzene rings is 1. The molecule has 0 radical (unpaired) electrons. The molecule has 0 spiro atoms. The Labute approximate surface area is 155 Å². The average Bonchev–Trinajstić information content (AvgIpc) is 3.24. The Morgan fingerprint density at radius 1 is 1.38 bits per heavy atom. The van der Waals surface area contributed by atoms with Gasteiger partial charge in [-0.05, 0) is 49.7 Å². The third-order valence-electron chi connectivity index (χ3n) is 4.96. The van der Waals surface area contributed by atoms with Gasteiger partial charge in [0.05, 0.1) is 12.8 Å². The molecule has 7 nitrogen and oxygen atoms in total. The third kappa shape index (κ3) is 3.62. The van der Waals surface area contributed by atoms with E-state index in [1.807, 2.05) is 0 Å². The van der Waals surface area contributed by atoms with Crippen molar-refractivity contribution in [1.82, 2.24) is 19.0 Å². The Balaban J connectivity index is 1.93. The van der Waals surface area contributed by atoms with E-state index in [1.54, 1.807) is 48.4 Å². The molecule has 26 heavy (non-hydrogen) atoms. The Bertz CT molecular complexity index is 867. The summed E-state index contributed by atoms with van der Waals surface area (Å²) in [6.45, 7) is 4.48. The summed E-state index contributed by atoms with van der Waals surface area (Å²) in [5.41, 5.74) is 0.623. The Morgan fingerprint density at radius 2 is 2.15 bits per heavy atom. The number of hydrogen-bond acceptors (Lipinski definition) is 5. The van der Waals surface area contributed by atoms with Crippen molar-refractivity contribution in [2.45, 2.75) is 18.2 Å². The van der Waals surface area contributed by atoms with Crippen LogP contribution in [0, 0.1) is 5.41 Å². The molecular weight excluding hydrogens is 352 g/mol. The zero-order chi connectivity index (χ0) is 18.9. The van der Waals surface area contributed by atoms with Crippen LogP contribution in [0.5, 0.6) is 5.75 Å². The van der Waals surface area contributed by atoms with Gasteiger partial charge in [0.25, 0.3) is 0 Å². The fourth-order valence-electron chi connectivity index (χ4n) is 3.62. The molecule has 0 aliphatic carbocycles. The van der Waals surface area contributed by atoms with Crippen molar-refractivity contribution in [3.63, 3.8) is 0 Å². The van der Waals surface area contributed by atoms with Gasteiger partial charge in [-0.3, -0.25) is 0 Å². The quantitative estimate of drug-likeness (QED) is 0.767. The molecule has 8 heteroatoms. The summed E-state index contributed by atoms with van der Waals surface area (Å²) in [6, 6.07) is 6.86. The lowest BCUT2D eigenvalue weighted by Gasteiger charge is -2.29. The van der Waals surface area contributed by atoms with Crippen LogP contribution >= 0.6 is 0 Å². The first-order valence-electron chi connectivity index (χ1n) is 8.58. The van der Waals surface area contributed by atoms with Crippen LogP contribution in [0.4, 0.5) is 0 Å². The smallest absolute Gasteiger partial charge is 0.246 e. The summed E-state index contributed by atoms with van der Waals surface area (Å²) in [7, 11) is 1.50. The highest BCUT2D eigenvalue weighted by Crippen LogP contribution is 2.33. The van der Waals surface area contributed by atoms with E-state index < -0.39 is 10.0 Å². The molecule has 1 unspecified atom stereocenters. The molecule has 0 N–H and O–H groups in total. The highest BCUT2D eigenvalue weighted by atomic mass is 32.2. The van der Waals surface area contributed by atoms with Crippen LogP contribution in [0.3, 0.4) is 0 Å². The van der Waals surface area contributed by atoms with Gasteiger partial charge < -0.3 is 9.64 Å². The van der Waals surface area contributed by atoms with Gasteiger partial charge in [-0.2, -0.15) is 5.10 Å². The number of nitrogens with zero attached hydrogens (tertiary/aromatic N) is 4. The normalized spacial score (nSPS) is 21.4. The lowest BCUT2D eigenvalue weighted by atomic mass is 9.90. The van der Waals surface area contributed by atoms with E-state index in [1.165, 1.54) is 11.4 Å². The molecule has 0 saturated carbocycles. The lowest BCUT2D eigenvalue weighted by Crippen LogP contribution is -2.38. The molecule has 1 atom stereocenters. The maximum Gasteiger partial charge on any atom is 0.246 e. The van der Waals surface area contributed by atoms with Crippen molar-refractivity contribution >= 4 is 10.0 Å². The van der Waals surface area contributed by atoms with Crippen molar-refractivity contribution in [2.75, 3.05) is 40.8 Å². The summed E-state index contributed by atoms with van der Waals surface area (Å²) in [4.78, 5) is 2.39. The fraction of sp³-hybridized carbons (Fsp3) is 0.500. The summed E-state index contributed by atoms with van der Waals surface area (Å²) in [5.74, 6) is 0.335. The van der Waals surface area contributed by atoms with E-state index in [9.17, 15) is 8.42 Å². The molecule has 1 aliphatic rings. The van der Waals surface area contributed by atoms with E-state index in [2.05, 4.69) is 24.0 Å². The van der Waals surface area contributed by atoms with Gasteiger partial charge >= 0.3 is 0 Å². The van der Waals surface area contributed by atoms with Gasteiger partial charge in [-0.25, -0.2) is 17.4 Å². The standard InChI is InChI=1S/C18H26N4O3S/c1-18(8-11-20(2)13-18)14-21(3)26(23,24)17-12-15(6-7-16(17)25-4)22-10-5-9-19-22/h5-7,9-10,12H,8,11,13-14H2,1-4H3. The first-order chi connectivity index (χ1) is 12.2. The second-order valence-corrected chi connectivity index (χ2v) is 9.36. The first kappa shape index (κ1) is 18.9. The van der Waals surface area contributed by atoms with Crippen LogP contribution in [0.2, 0.25) is 0 Å². The molecule has 1 aromatic heterocycles. The molecule has 1 saturated heterocycles. The zero-order valence-electron chi connectivity index (χ0n) is 15.7. The predicted molar refractivity (Wildman–Crippen MR) is 100 cm³/mol. The molecule has 1 aromatic carbocycles. The molecule has 0 amide bonds. The number of rotatable bonds is 6. The van der Waals surface area contributed by atoms with Gasteiger partial charge in [0.15, 0.2) is 0 Å². The molecule has 1 fully saturated rings. The average molecular weight is 378 g/mol. The highest BCUT2D eigenvalue weighted by molar-refractivity contribution is 7.89. The van der Waals surface area contributed by atoms with Gasteiger partial charge in [-0.1, -0.05) is 6.92 Å². The van der Waals surface area contributed by atoms with Crippen molar-refractivity contribution in [3.8, 4) is 11.4 Å². The Hall–Kier alpha value is -1.90. The van der Waals surface area contributed by atoms with Gasteiger partial charge in [-0.15, -0.1) is 0 Å². The van der Waals surface area contributed by atoms with Crippen molar-refractivity contribution in [2.24, 2.45) is 5.41 Å². The molecule has 142 valence electrons. The lowest BCUT2D eigenvalue weighted by molar-refractivity contribution is 0.255. The van der Waals surface area contributed by atoms with Crippen molar-refractivity contribution in [1.29, 1.82) is 0 Å². The summed E-state index contributed by atoms with van der Waals surface area (Å²) in [6.07, 6.45) is 4.41. The van der Waals surface area contributed by atoms with Gasteiger partial charge in [0, 0.05) is 32.5 Å². The van der Waals surface area contributed by atoms with Crippen molar-refractivity contribution < 1.29 is 13.2 Å². The van der Waals surface area contributed by atoms with Crippen LogP contribution in [-0.4, -0.2) is 68.2 Å². The molecule has 2 aromatic rings. The van der Waals surface area contributed by atoms with E-state index in [0.29, 0.717) is 18.0 Å². The van der Waals surface area contributed by atoms with Crippen molar-refractivity contribution in [3.05, 3.63) is 36.7 Å². The first-order valence-corrected chi connectivity index (χ1v) is 10.0. The number of likely N-dealkylation sites (tertiary alicyclic amines) is 1. The number of methoxy groups -OCH3 is 1. The SMILES string of the molecule is COc1ccc(-n2cccn2)cc1S(=O)(=O)N(C)CC1(C)CCN(C)C1. The van der Waals surface area contributed by atoms with Gasteiger partial charge in [0.2, 0.25) is 10.0 Å². The molecule has 0 bridgehead atoms. The minimum absolute atomic E-state index is 0.0522. The summed E-state index contributed by atoms with van der Waals surface area (Å²) < 4.78 is 34.9. The van der Waals surface area contributed by atoms with Crippen LogP contribution in [-0.2, 0) is 10.0 Å². The molecule has 1 aliphatic heterocycles. The molecular formula is C18H26N4O3S. The third-order valence-corrected chi connectivity index (χ3v) is 6.78. The molecule has 2 heterocycles. The Morgan fingerprint density at radius 3 is 2.73 bits per heavy atom. The number of ether oxygens (including phenoxy) is 1. The van der Waals surface area contributed by atoms with Crippen LogP contribution < -0.4 is 4.74 Å². The van der Waals surface area contributed by atoms with Crippen LogP contribution in [0.1, 0.15) is 13.3 Å². The van der Waals surface area contributed by atoms with Gasteiger partial charge in [0.1, 0.15) is 10.6 Å². The predicted octanol–water partition coefficient (Wildman–Crippen LogP) is 1.84. The zero-order valence-corrected chi connectivity index (χ0v) is 16.5.